The molecule has 1 aromatic heterocycles. The molecule has 9 heteroatoms. The second-order valence-electron chi connectivity index (χ2n) is 6.07. The average Bonchev–Trinajstić information content (AvgIpc) is 3.08. The molecule has 2 aromatic carbocycles. The first kappa shape index (κ1) is 18.6. The van der Waals surface area contributed by atoms with E-state index in [1.165, 1.54) is 12.1 Å². The fourth-order valence-electron chi connectivity index (χ4n) is 2.42. The van der Waals surface area contributed by atoms with Gasteiger partial charge in [0.15, 0.2) is 15.7 Å². The highest BCUT2D eigenvalue weighted by atomic mass is 32.2. The zero-order valence-corrected chi connectivity index (χ0v) is 15.4. The molecule has 3 rings (SSSR count). The number of nitrogens with zero attached hydrogens (tertiary/aromatic N) is 1. The first-order valence-corrected chi connectivity index (χ1v) is 9.64. The number of sulfone groups is 1. The molecule has 0 aliphatic heterocycles. The predicted molar refractivity (Wildman–Crippen MR) is 99.3 cm³/mol. The smallest absolute Gasteiger partial charge is 0.322 e. The molecular weight excluding hydrogens is 370 g/mol. The van der Waals surface area contributed by atoms with Crippen molar-refractivity contribution >= 4 is 21.4 Å². The molecule has 140 valence electrons. The highest BCUT2D eigenvalue weighted by Crippen LogP contribution is 2.22. The molecule has 1 heterocycles. The Labute approximate surface area is 155 Å². The lowest BCUT2D eigenvalue weighted by Gasteiger charge is -2.13. The van der Waals surface area contributed by atoms with Gasteiger partial charge in [0, 0.05) is 11.3 Å². The van der Waals surface area contributed by atoms with E-state index in [-0.39, 0.29) is 16.3 Å². The van der Waals surface area contributed by atoms with Crippen molar-refractivity contribution in [3.05, 3.63) is 64.6 Å². The van der Waals surface area contributed by atoms with E-state index in [9.17, 15) is 18.0 Å². The molecule has 0 saturated carbocycles. The number of anilines is 1. The Balaban J connectivity index is 1.85. The molecular formula is C18H17N3O5S. The quantitative estimate of drug-likeness (QED) is 0.693. The normalized spacial score (nSPS) is 11.5. The van der Waals surface area contributed by atoms with Gasteiger partial charge in [0.05, 0.1) is 15.7 Å². The van der Waals surface area contributed by atoms with Crippen molar-refractivity contribution in [3.8, 4) is 11.4 Å². The van der Waals surface area contributed by atoms with Crippen LogP contribution in [0.1, 0.15) is 24.2 Å². The van der Waals surface area contributed by atoms with E-state index >= 15 is 0 Å². The maximum atomic E-state index is 12.6. The zero-order valence-electron chi connectivity index (χ0n) is 14.6. The van der Waals surface area contributed by atoms with Crippen molar-refractivity contribution in [1.29, 1.82) is 0 Å². The summed E-state index contributed by atoms with van der Waals surface area (Å²) in [6.45, 7) is 3.13. The Morgan fingerprint density at radius 1 is 1.11 bits per heavy atom. The van der Waals surface area contributed by atoms with Gasteiger partial charge in [-0.3, -0.25) is 14.3 Å². The molecule has 3 aromatic rings. The molecule has 0 spiro atoms. The molecule has 27 heavy (non-hydrogen) atoms. The fraction of sp³-hybridized carbons (Fsp3) is 0.167. The number of nitrogens with one attached hydrogen (secondary N) is 2. The Kier molecular flexibility index (Phi) is 4.95. The molecule has 0 unspecified atom stereocenters. The van der Waals surface area contributed by atoms with E-state index in [0.29, 0.717) is 11.3 Å². The Morgan fingerprint density at radius 2 is 1.78 bits per heavy atom. The van der Waals surface area contributed by atoms with Crippen LogP contribution in [0.3, 0.4) is 0 Å². The highest BCUT2D eigenvalue weighted by molar-refractivity contribution is 7.92. The van der Waals surface area contributed by atoms with Crippen LogP contribution in [0.2, 0.25) is 0 Å². The van der Waals surface area contributed by atoms with Gasteiger partial charge in [-0.15, -0.1) is 0 Å². The van der Waals surface area contributed by atoms with Crippen LogP contribution in [0, 0.1) is 0 Å². The lowest BCUT2D eigenvalue weighted by atomic mass is 10.1. The lowest BCUT2D eigenvalue weighted by Crippen LogP contribution is -2.20. The summed E-state index contributed by atoms with van der Waals surface area (Å²) in [5, 5.41) is 5.61. The molecule has 0 aliphatic carbocycles. The molecule has 1 amide bonds. The second kappa shape index (κ2) is 7.20. The first-order chi connectivity index (χ1) is 12.8. The second-order valence-corrected chi connectivity index (χ2v) is 8.54. The van der Waals surface area contributed by atoms with Crippen LogP contribution in [-0.2, 0) is 9.84 Å². The largest absolute Gasteiger partial charge is 0.439 e. The molecule has 8 nitrogen and oxygen atoms in total. The van der Waals surface area contributed by atoms with Crippen LogP contribution in [-0.4, -0.2) is 29.7 Å². The number of hydrogen-bond donors (Lipinski definition) is 2. The number of benzene rings is 2. The van der Waals surface area contributed by atoms with Crippen LogP contribution in [0.15, 0.2) is 62.7 Å². The maximum absolute atomic E-state index is 12.6. The van der Waals surface area contributed by atoms with E-state index < -0.39 is 26.8 Å². The minimum atomic E-state index is -3.60. The zero-order chi connectivity index (χ0) is 19.6. The monoisotopic (exact) mass is 387 g/mol. The maximum Gasteiger partial charge on any atom is 0.439 e. The highest BCUT2D eigenvalue weighted by Gasteiger charge is 2.25. The number of rotatable bonds is 5. The molecule has 0 saturated heterocycles. The van der Waals surface area contributed by atoms with E-state index in [4.69, 9.17) is 0 Å². The van der Waals surface area contributed by atoms with Gasteiger partial charge in [-0.2, -0.15) is 0 Å². The van der Waals surface area contributed by atoms with Crippen LogP contribution in [0.4, 0.5) is 5.69 Å². The SMILES string of the molecule is CC(C)S(=O)(=O)c1ccccc1C(=O)Nc1ccc(-c2noc(=O)[nH]2)cc1. The fourth-order valence-corrected chi connectivity index (χ4v) is 3.66. The number of hydrogen-bond acceptors (Lipinski definition) is 6. The van der Waals surface area contributed by atoms with Crippen molar-refractivity contribution in [1.82, 2.24) is 10.1 Å². The van der Waals surface area contributed by atoms with Crippen molar-refractivity contribution < 1.29 is 17.7 Å². The third-order valence-electron chi connectivity index (χ3n) is 3.92. The van der Waals surface area contributed by atoms with E-state index in [1.54, 1.807) is 50.2 Å². The van der Waals surface area contributed by atoms with Crippen LogP contribution >= 0.6 is 0 Å². The van der Waals surface area contributed by atoms with Gasteiger partial charge >= 0.3 is 5.76 Å². The predicted octanol–water partition coefficient (Wildman–Crippen LogP) is 2.46. The third-order valence-corrected chi connectivity index (χ3v) is 6.13. The summed E-state index contributed by atoms with van der Waals surface area (Å²) in [6, 6.07) is 12.6. The Morgan fingerprint density at radius 3 is 2.37 bits per heavy atom. The molecule has 0 fully saturated rings. The standard InChI is InChI=1S/C18H17N3O5S/c1-11(2)27(24,25)15-6-4-3-5-14(15)17(22)19-13-9-7-12(8-10-13)16-20-18(23)26-21-16/h3-11H,1-2H3,(H,19,22)(H,20,21,23). The van der Waals surface area contributed by atoms with E-state index in [0.717, 1.165) is 0 Å². The topological polar surface area (TPSA) is 122 Å². The molecule has 0 bridgehead atoms. The molecule has 0 radical (unpaired) electrons. The van der Waals surface area contributed by atoms with Gasteiger partial charge in [-0.05, 0) is 50.2 Å². The van der Waals surface area contributed by atoms with Gasteiger partial charge in [-0.25, -0.2) is 13.2 Å². The van der Waals surface area contributed by atoms with Crippen LogP contribution in [0.25, 0.3) is 11.4 Å². The number of aromatic amines is 1. The number of carbonyl (C=O) groups excluding carboxylic acids is 1. The van der Waals surface area contributed by atoms with Gasteiger partial charge < -0.3 is 5.32 Å². The first-order valence-electron chi connectivity index (χ1n) is 8.10. The van der Waals surface area contributed by atoms with Gasteiger partial charge in [0.1, 0.15) is 0 Å². The van der Waals surface area contributed by atoms with E-state index in [2.05, 4.69) is 20.0 Å². The number of amides is 1. The van der Waals surface area contributed by atoms with E-state index in [1.807, 2.05) is 0 Å². The molecule has 0 aliphatic rings. The minimum absolute atomic E-state index is 0.00528. The average molecular weight is 387 g/mol. The lowest BCUT2D eigenvalue weighted by molar-refractivity contribution is 0.102. The van der Waals surface area contributed by atoms with Gasteiger partial charge in [0.25, 0.3) is 5.91 Å². The third kappa shape index (κ3) is 3.82. The number of H-pyrrole nitrogens is 1. The van der Waals surface area contributed by atoms with Crippen molar-refractivity contribution in [2.75, 3.05) is 5.32 Å². The summed E-state index contributed by atoms with van der Waals surface area (Å²) in [4.78, 5) is 26.0. The summed E-state index contributed by atoms with van der Waals surface area (Å²) >= 11 is 0. The number of aromatic nitrogens is 2. The summed E-state index contributed by atoms with van der Waals surface area (Å²) in [5.74, 6) is -0.922. The minimum Gasteiger partial charge on any atom is -0.322 e. The Bertz CT molecular complexity index is 1130. The van der Waals surface area contributed by atoms with Crippen molar-refractivity contribution in [3.63, 3.8) is 0 Å². The van der Waals surface area contributed by atoms with Gasteiger partial charge in [0.2, 0.25) is 0 Å². The van der Waals surface area contributed by atoms with Crippen LogP contribution in [0.5, 0.6) is 0 Å². The summed E-state index contributed by atoms with van der Waals surface area (Å²) in [7, 11) is -3.60. The molecule has 2 N–H and O–H groups in total. The van der Waals surface area contributed by atoms with Crippen molar-refractivity contribution in [2.45, 2.75) is 24.0 Å². The van der Waals surface area contributed by atoms with Gasteiger partial charge in [-0.1, -0.05) is 17.3 Å². The van der Waals surface area contributed by atoms with Crippen LogP contribution < -0.4 is 11.1 Å². The summed E-state index contributed by atoms with van der Waals surface area (Å²) < 4.78 is 29.4. The summed E-state index contributed by atoms with van der Waals surface area (Å²) in [6.07, 6.45) is 0. The molecule has 0 atom stereocenters. The Hall–Kier alpha value is -3.20. The van der Waals surface area contributed by atoms with Crippen molar-refractivity contribution in [2.24, 2.45) is 0 Å². The number of carbonyl (C=O) groups is 1. The summed E-state index contributed by atoms with van der Waals surface area (Å²) in [5.41, 5.74) is 1.14.